The molecular weight excluding hydrogens is 208 g/mol. The van der Waals surface area contributed by atoms with Crippen LogP contribution in [0.25, 0.3) is 0 Å². The van der Waals surface area contributed by atoms with Crippen molar-refractivity contribution in [3.63, 3.8) is 0 Å². The molecule has 1 atom stereocenters. The molecule has 6 nitrogen and oxygen atoms in total. The number of carboxylic acid groups (broad SMARTS) is 1. The van der Waals surface area contributed by atoms with Gasteiger partial charge in [0.05, 0.1) is 6.07 Å². The van der Waals surface area contributed by atoms with E-state index in [1.165, 1.54) is 6.07 Å². The molecule has 0 fully saturated rings. The van der Waals surface area contributed by atoms with Gasteiger partial charge < -0.3 is 5.11 Å². The second kappa shape index (κ2) is 4.93. The zero-order chi connectivity index (χ0) is 11.4. The second-order valence-electron chi connectivity index (χ2n) is 3.09. The molecule has 0 aromatic rings. The molecule has 0 aliphatic rings. The maximum absolute atomic E-state index is 11.1. The number of hydrogen-bond acceptors (Lipinski definition) is 4. The summed E-state index contributed by atoms with van der Waals surface area (Å²) >= 11 is 0. The fourth-order valence-electron chi connectivity index (χ4n) is 0.792. The number of carbonyl (C=O) groups is 1. The Morgan fingerprint density at radius 1 is 1.57 bits per heavy atom. The first-order valence-electron chi connectivity index (χ1n) is 3.90. The second-order valence-corrected chi connectivity index (χ2v) is 4.85. The lowest BCUT2D eigenvalue weighted by Gasteiger charge is -2.16. The summed E-state index contributed by atoms with van der Waals surface area (Å²) < 4.78 is 24.0. The van der Waals surface area contributed by atoms with E-state index in [-0.39, 0.29) is 5.92 Å². The van der Waals surface area contributed by atoms with Gasteiger partial charge in [-0.1, -0.05) is 13.8 Å². The first-order chi connectivity index (χ1) is 6.30. The van der Waals surface area contributed by atoms with Gasteiger partial charge in [0.15, 0.2) is 5.75 Å². The molecule has 0 saturated carbocycles. The van der Waals surface area contributed by atoms with Gasteiger partial charge >= 0.3 is 5.97 Å². The minimum atomic E-state index is -3.81. The Morgan fingerprint density at radius 3 is 2.36 bits per heavy atom. The van der Waals surface area contributed by atoms with Crippen LogP contribution in [0.3, 0.4) is 0 Å². The van der Waals surface area contributed by atoms with Gasteiger partial charge in [-0.25, -0.2) is 8.42 Å². The van der Waals surface area contributed by atoms with Crippen LogP contribution in [0.5, 0.6) is 0 Å². The minimum Gasteiger partial charge on any atom is -0.480 e. The van der Waals surface area contributed by atoms with Crippen LogP contribution in [0.2, 0.25) is 0 Å². The van der Waals surface area contributed by atoms with Crippen molar-refractivity contribution in [1.29, 1.82) is 5.26 Å². The van der Waals surface area contributed by atoms with Crippen molar-refractivity contribution >= 4 is 16.0 Å². The Kier molecular flexibility index (Phi) is 4.53. The first kappa shape index (κ1) is 12.9. The number of aliphatic carboxylic acids is 1. The van der Waals surface area contributed by atoms with E-state index in [0.29, 0.717) is 0 Å². The molecule has 0 amide bonds. The van der Waals surface area contributed by atoms with Crippen molar-refractivity contribution in [2.45, 2.75) is 19.9 Å². The van der Waals surface area contributed by atoms with Gasteiger partial charge in [0, 0.05) is 0 Å². The third kappa shape index (κ3) is 4.20. The molecule has 0 unspecified atom stereocenters. The highest BCUT2D eigenvalue weighted by molar-refractivity contribution is 7.89. The maximum Gasteiger partial charge on any atom is 0.321 e. The van der Waals surface area contributed by atoms with E-state index in [4.69, 9.17) is 10.4 Å². The number of rotatable bonds is 5. The number of nitrogens with zero attached hydrogens (tertiary/aromatic N) is 1. The Morgan fingerprint density at radius 2 is 2.07 bits per heavy atom. The van der Waals surface area contributed by atoms with E-state index < -0.39 is 27.8 Å². The summed E-state index contributed by atoms with van der Waals surface area (Å²) in [5, 5.41) is 16.8. The fraction of sp³-hybridized carbons (Fsp3) is 0.714. The van der Waals surface area contributed by atoms with E-state index >= 15 is 0 Å². The highest BCUT2D eigenvalue weighted by Gasteiger charge is 2.26. The van der Waals surface area contributed by atoms with Crippen LogP contribution in [-0.4, -0.2) is 31.3 Å². The lowest BCUT2D eigenvalue weighted by molar-refractivity contribution is -0.140. The average Bonchev–Trinajstić information content (AvgIpc) is 1.99. The van der Waals surface area contributed by atoms with Crippen molar-refractivity contribution < 1.29 is 18.3 Å². The van der Waals surface area contributed by atoms with E-state index in [1.807, 2.05) is 4.72 Å². The monoisotopic (exact) mass is 220 g/mol. The Bertz CT molecular complexity index is 341. The number of carboxylic acids is 1. The quantitative estimate of drug-likeness (QED) is 0.651. The SMILES string of the molecule is CC(C)[C@@H](NS(=O)(=O)CC#N)C(=O)O. The molecule has 0 aliphatic heterocycles. The van der Waals surface area contributed by atoms with Gasteiger partial charge in [-0.2, -0.15) is 9.98 Å². The molecule has 0 spiro atoms. The van der Waals surface area contributed by atoms with Gasteiger partial charge in [0.1, 0.15) is 6.04 Å². The number of hydrogen-bond donors (Lipinski definition) is 2. The smallest absolute Gasteiger partial charge is 0.321 e. The van der Waals surface area contributed by atoms with Gasteiger partial charge in [-0.3, -0.25) is 4.79 Å². The molecule has 0 aromatic carbocycles. The summed E-state index contributed by atoms with van der Waals surface area (Å²) in [5.41, 5.74) is 0. The molecule has 0 aliphatic carbocycles. The molecule has 0 bridgehead atoms. The van der Waals surface area contributed by atoms with Crippen molar-refractivity contribution in [2.75, 3.05) is 5.75 Å². The molecule has 0 radical (unpaired) electrons. The summed E-state index contributed by atoms with van der Waals surface area (Å²) in [6.07, 6.45) is 0. The van der Waals surface area contributed by atoms with Gasteiger partial charge in [-0.15, -0.1) is 0 Å². The van der Waals surface area contributed by atoms with Gasteiger partial charge in [0.2, 0.25) is 10.0 Å². The Balaban J connectivity index is 4.63. The molecule has 7 heteroatoms. The van der Waals surface area contributed by atoms with Crippen LogP contribution in [0.15, 0.2) is 0 Å². The highest BCUT2D eigenvalue weighted by atomic mass is 32.2. The topological polar surface area (TPSA) is 107 Å². The average molecular weight is 220 g/mol. The molecule has 2 N–H and O–H groups in total. The molecule has 0 heterocycles. The van der Waals surface area contributed by atoms with Crippen LogP contribution in [0.1, 0.15) is 13.8 Å². The normalized spacial score (nSPS) is 13.6. The fourth-order valence-corrected chi connectivity index (χ4v) is 1.80. The molecule has 14 heavy (non-hydrogen) atoms. The molecule has 0 aromatic heterocycles. The lowest BCUT2D eigenvalue weighted by atomic mass is 10.1. The summed E-state index contributed by atoms with van der Waals surface area (Å²) in [7, 11) is -3.81. The van der Waals surface area contributed by atoms with Gasteiger partial charge in [0.25, 0.3) is 0 Å². The number of nitrogens with one attached hydrogen (secondary N) is 1. The van der Waals surface area contributed by atoms with Crippen LogP contribution >= 0.6 is 0 Å². The van der Waals surface area contributed by atoms with Crippen molar-refractivity contribution in [3.05, 3.63) is 0 Å². The summed E-state index contributed by atoms with van der Waals surface area (Å²) in [4.78, 5) is 10.6. The lowest BCUT2D eigenvalue weighted by Crippen LogP contribution is -2.44. The van der Waals surface area contributed by atoms with Crippen molar-refractivity contribution in [3.8, 4) is 6.07 Å². The predicted molar refractivity (Wildman–Crippen MR) is 48.8 cm³/mol. The third-order valence-corrected chi connectivity index (χ3v) is 2.62. The molecule has 0 rings (SSSR count). The van der Waals surface area contributed by atoms with Crippen LogP contribution < -0.4 is 4.72 Å². The first-order valence-corrected chi connectivity index (χ1v) is 5.55. The third-order valence-electron chi connectivity index (χ3n) is 1.49. The van der Waals surface area contributed by atoms with Crippen molar-refractivity contribution in [2.24, 2.45) is 5.92 Å². The van der Waals surface area contributed by atoms with Crippen LogP contribution in [-0.2, 0) is 14.8 Å². The van der Waals surface area contributed by atoms with E-state index in [9.17, 15) is 13.2 Å². The van der Waals surface area contributed by atoms with E-state index in [0.717, 1.165) is 0 Å². The number of sulfonamides is 1. The van der Waals surface area contributed by atoms with E-state index in [2.05, 4.69) is 0 Å². The van der Waals surface area contributed by atoms with Gasteiger partial charge in [-0.05, 0) is 5.92 Å². The van der Waals surface area contributed by atoms with Crippen LogP contribution in [0.4, 0.5) is 0 Å². The van der Waals surface area contributed by atoms with Crippen molar-refractivity contribution in [1.82, 2.24) is 4.72 Å². The molecule has 0 saturated heterocycles. The molecule has 80 valence electrons. The summed E-state index contributed by atoms with van der Waals surface area (Å²) in [5.74, 6) is -2.36. The largest absolute Gasteiger partial charge is 0.480 e. The minimum absolute atomic E-state index is 0.374. The zero-order valence-corrected chi connectivity index (χ0v) is 8.71. The Labute approximate surface area is 82.6 Å². The standard InChI is InChI=1S/C7H12N2O4S/c1-5(2)6(7(10)11)9-14(12,13)4-3-8/h5-6,9H,4H2,1-2H3,(H,10,11)/t6-/m1/s1. The predicted octanol–water partition coefficient (Wildman–Crippen LogP) is -0.461. The zero-order valence-electron chi connectivity index (χ0n) is 7.89. The maximum atomic E-state index is 11.1. The summed E-state index contributed by atoms with van der Waals surface area (Å²) in [6, 6.07) is 0.261. The summed E-state index contributed by atoms with van der Waals surface area (Å²) in [6.45, 7) is 3.15. The van der Waals surface area contributed by atoms with E-state index in [1.54, 1.807) is 13.8 Å². The highest BCUT2D eigenvalue weighted by Crippen LogP contribution is 2.03. The van der Waals surface area contributed by atoms with Crippen LogP contribution in [0, 0.1) is 17.2 Å². The Hall–Kier alpha value is -1.13. The number of nitriles is 1. The molecular formula is C7H12N2O4S.